The van der Waals surface area contributed by atoms with Crippen molar-refractivity contribution in [2.75, 3.05) is 13.2 Å². The highest BCUT2D eigenvalue weighted by atomic mass is 16.5. The Morgan fingerprint density at radius 2 is 2.44 bits per heavy atom. The van der Waals surface area contributed by atoms with Gasteiger partial charge in [-0.3, -0.25) is 4.98 Å². The first kappa shape index (κ1) is 13.3. The molecule has 2 rings (SSSR count). The molecule has 18 heavy (non-hydrogen) atoms. The first-order chi connectivity index (χ1) is 8.74. The fourth-order valence-electron chi connectivity index (χ4n) is 1.92. The van der Waals surface area contributed by atoms with Crippen molar-refractivity contribution in [2.45, 2.75) is 45.4 Å². The Bertz CT molecular complexity index is 363. The van der Waals surface area contributed by atoms with Crippen LogP contribution in [0.15, 0.2) is 18.3 Å². The first-order valence-electron chi connectivity index (χ1n) is 6.67. The van der Waals surface area contributed by atoms with Gasteiger partial charge >= 0.3 is 0 Å². The number of rotatable bonds is 6. The van der Waals surface area contributed by atoms with Crippen LogP contribution in [-0.4, -0.2) is 30.3 Å². The van der Waals surface area contributed by atoms with Crippen molar-refractivity contribution in [3.05, 3.63) is 24.0 Å². The fourth-order valence-corrected chi connectivity index (χ4v) is 1.92. The van der Waals surface area contributed by atoms with Gasteiger partial charge in [0.1, 0.15) is 12.4 Å². The van der Waals surface area contributed by atoms with Gasteiger partial charge < -0.3 is 14.8 Å². The summed E-state index contributed by atoms with van der Waals surface area (Å²) >= 11 is 0. The third-order valence-electron chi connectivity index (χ3n) is 2.94. The average Bonchev–Trinajstić information content (AvgIpc) is 2.87. The second-order valence-corrected chi connectivity index (χ2v) is 4.96. The zero-order valence-corrected chi connectivity index (χ0v) is 11.2. The molecule has 0 spiro atoms. The van der Waals surface area contributed by atoms with Crippen molar-refractivity contribution in [3.63, 3.8) is 0 Å². The van der Waals surface area contributed by atoms with Crippen LogP contribution < -0.4 is 10.1 Å². The Balaban J connectivity index is 1.82. The van der Waals surface area contributed by atoms with E-state index in [1.54, 1.807) is 6.20 Å². The minimum absolute atomic E-state index is 0.260. The Morgan fingerprint density at radius 1 is 1.56 bits per heavy atom. The predicted octanol–water partition coefficient (Wildman–Crippen LogP) is 2.14. The molecule has 1 atom stereocenters. The van der Waals surface area contributed by atoms with Crippen LogP contribution in [-0.2, 0) is 11.3 Å². The summed E-state index contributed by atoms with van der Waals surface area (Å²) < 4.78 is 11.3. The van der Waals surface area contributed by atoms with Gasteiger partial charge in [0.15, 0.2) is 0 Å². The largest absolute Gasteiger partial charge is 0.491 e. The molecule has 0 amide bonds. The molecule has 100 valence electrons. The van der Waals surface area contributed by atoms with E-state index >= 15 is 0 Å². The SMILES string of the molecule is CC(C)NCc1cc(OCC2CCCO2)ccn1. The van der Waals surface area contributed by atoms with Gasteiger partial charge in [-0.25, -0.2) is 0 Å². The summed E-state index contributed by atoms with van der Waals surface area (Å²) in [6, 6.07) is 4.35. The lowest BCUT2D eigenvalue weighted by Crippen LogP contribution is -2.22. The monoisotopic (exact) mass is 250 g/mol. The zero-order valence-electron chi connectivity index (χ0n) is 11.2. The predicted molar refractivity (Wildman–Crippen MR) is 70.7 cm³/mol. The van der Waals surface area contributed by atoms with E-state index in [4.69, 9.17) is 9.47 Å². The summed E-state index contributed by atoms with van der Waals surface area (Å²) in [5.74, 6) is 0.876. The molecule has 0 radical (unpaired) electrons. The van der Waals surface area contributed by atoms with E-state index < -0.39 is 0 Å². The van der Waals surface area contributed by atoms with Crippen molar-refractivity contribution < 1.29 is 9.47 Å². The maximum Gasteiger partial charge on any atom is 0.122 e. The summed E-state index contributed by atoms with van der Waals surface area (Å²) in [7, 11) is 0. The quantitative estimate of drug-likeness (QED) is 0.840. The highest BCUT2D eigenvalue weighted by Crippen LogP contribution is 2.16. The second-order valence-electron chi connectivity index (χ2n) is 4.96. The van der Waals surface area contributed by atoms with E-state index in [9.17, 15) is 0 Å². The summed E-state index contributed by atoms with van der Waals surface area (Å²) in [5.41, 5.74) is 1.01. The van der Waals surface area contributed by atoms with Gasteiger partial charge in [-0.15, -0.1) is 0 Å². The van der Waals surface area contributed by atoms with E-state index in [-0.39, 0.29) is 6.10 Å². The van der Waals surface area contributed by atoms with Crippen LogP contribution in [0.3, 0.4) is 0 Å². The Morgan fingerprint density at radius 3 is 3.17 bits per heavy atom. The minimum Gasteiger partial charge on any atom is -0.491 e. The maximum absolute atomic E-state index is 5.74. The lowest BCUT2D eigenvalue weighted by atomic mass is 10.2. The van der Waals surface area contributed by atoms with Gasteiger partial charge in [-0.05, 0) is 18.9 Å². The van der Waals surface area contributed by atoms with Crippen molar-refractivity contribution in [1.82, 2.24) is 10.3 Å². The molecule has 1 aromatic rings. The van der Waals surface area contributed by atoms with Gasteiger partial charge in [0.2, 0.25) is 0 Å². The van der Waals surface area contributed by atoms with Crippen LogP contribution in [0.1, 0.15) is 32.4 Å². The third kappa shape index (κ3) is 4.27. The summed E-state index contributed by atoms with van der Waals surface area (Å²) in [5, 5.41) is 3.34. The van der Waals surface area contributed by atoms with E-state index in [1.807, 2.05) is 12.1 Å². The number of nitrogens with one attached hydrogen (secondary N) is 1. The maximum atomic E-state index is 5.74. The standard InChI is InChI=1S/C14H22N2O2/c1-11(2)16-9-12-8-13(5-6-15-12)18-10-14-4-3-7-17-14/h5-6,8,11,14,16H,3-4,7,9-10H2,1-2H3. The molecule has 0 saturated carbocycles. The molecule has 1 aliphatic heterocycles. The van der Waals surface area contributed by atoms with Crippen LogP contribution in [0.25, 0.3) is 0 Å². The second kappa shape index (κ2) is 6.71. The molecule has 2 heterocycles. The van der Waals surface area contributed by atoms with Crippen molar-refractivity contribution in [2.24, 2.45) is 0 Å². The highest BCUT2D eigenvalue weighted by Gasteiger charge is 2.15. The van der Waals surface area contributed by atoms with Crippen LogP contribution in [0.5, 0.6) is 5.75 Å². The van der Waals surface area contributed by atoms with Crippen LogP contribution in [0.2, 0.25) is 0 Å². The van der Waals surface area contributed by atoms with Crippen molar-refractivity contribution >= 4 is 0 Å². The first-order valence-corrected chi connectivity index (χ1v) is 6.67. The van der Waals surface area contributed by atoms with Crippen molar-refractivity contribution in [1.29, 1.82) is 0 Å². The lowest BCUT2D eigenvalue weighted by molar-refractivity contribution is 0.0679. The third-order valence-corrected chi connectivity index (χ3v) is 2.94. The Hall–Kier alpha value is -1.13. The molecule has 1 unspecified atom stereocenters. The normalized spacial score (nSPS) is 19.4. The van der Waals surface area contributed by atoms with Gasteiger partial charge in [-0.1, -0.05) is 13.8 Å². The molecule has 1 aromatic heterocycles. The number of hydrogen-bond acceptors (Lipinski definition) is 4. The van der Waals surface area contributed by atoms with E-state index in [1.165, 1.54) is 0 Å². The molecule has 0 bridgehead atoms. The lowest BCUT2D eigenvalue weighted by Gasteiger charge is -2.12. The molecular formula is C14H22N2O2. The fraction of sp³-hybridized carbons (Fsp3) is 0.643. The highest BCUT2D eigenvalue weighted by molar-refractivity contribution is 5.22. The molecule has 0 aliphatic carbocycles. The topological polar surface area (TPSA) is 43.4 Å². The van der Waals surface area contributed by atoms with Gasteiger partial charge in [0.25, 0.3) is 0 Å². The Labute approximate surface area is 109 Å². The zero-order chi connectivity index (χ0) is 12.8. The van der Waals surface area contributed by atoms with Gasteiger partial charge in [-0.2, -0.15) is 0 Å². The van der Waals surface area contributed by atoms with Crippen LogP contribution in [0, 0.1) is 0 Å². The van der Waals surface area contributed by atoms with E-state index in [0.717, 1.165) is 37.4 Å². The number of aromatic nitrogens is 1. The van der Waals surface area contributed by atoms with Crippen LogP contribution >= 0.6 is 0 Å². The average molecular weight is 250 g/mol. The number of ether oxygens (including phenoxy) is 2. The van der Waals surface area contributed by atoms with Crippen LogP contribution in [0.4, 0.5) is 0 Å². The van der Waals surface area contributed by atoms with E-state index in [0.29, 0.717) is 12.6 Å². The van der Waals surface area contributed by atoms with Gasteiger partial charge in [0, 0.05) is 31.5 Å². The molecule has 4 heteroatoms. The molecule has 1 aliphatic rings. The molecule has 1 saturated heterocycles. The number of hydrogen-bond donors (Lipinski definition) is 1. The smallest absolute Gasteiger partial charge is 0.122 e. The molecule has 1 N–H and O–H groups in total. The van der Waals surface area contributed by atoms with Crippen molar-refractivity contribution in [3.8, 4) is 5.75 Å². The molecular weight excluding hydrogens is 228 g/mol. The summed E-state index contributed by atoms with van der Waals surface area (Å²) in [4.78, 5) is 4.32. The summed E-state index contributed by atoms with van der Waals surface area (Å²) in [6.07, 6.45) is 4.30. The van der Waals surface area contributed by atoms with E-state index in [2.05, 4.69) is 24.1 Å². The van der Waals surface area contributed by atoms with Gasteiger partial charge in [0.05, 0.1) is 11.8 Å². The molecule has 1 fully saturated rings. The molecule has 0 aromatic carbocycles. The number of pyridine rings is 1. The Kier molecular flexibility index (Phi) is 4.96. The summed E-state index contributed by atoms with van der Waals surface area (Å²) in [6.45, 7) is 6.53. The number of nitrogens with zero attached hydrogens (tertiary/aromatic N) is 1. The minimum atomic E-state index is 0.260. The molecule has 4 nitrogen and oxygen atoms in total.